The third-order valence-electron chi connectivity index (χ3n) is 8.61. The van der Waals surface area contributed by atoms with Crippen molar-refractivity contribution in [3.63, 3.8) is 0 Å². The SMILES string of the molecule is Fc1ccc(-c2ccc(-c3nc(-c4cccc5c4oc4ccccc45)nc(-c4cccc5ccc6ccccc6c45)n3)cc2)cc1. The van der Waals surface area contributed by atoms with Crippen LogP contribution >= 0.6 is 0 Å². The van der Waals surface area contributed by atoms with E-state index in [-0.39, 0.29) is 5.82 Å². The van der Waals surface area contributed by atoms with Crippen LogP contribution in [0.1, 0.15) is 0 Å². The van der Waals surface area contributed by atoms with Gasteiger partial charge in [-0.15, -0.1) is 0 Å². The lowest BCUT2D eigenvalue weighted by molar-refractivity contribution is 0.628. The summed E-state index contributed by atoms with van der Waals surface area (Å²) in [5.41, 5.74) is 6.04. The number of benzene rings is 7. The summed E-state index contributed by atoms with van der Waals surface area (Å²) >= 11 is 0. The monoisotopic (exact) mass is 593 g/mol. The summed E-state index contributed by atoms with van der Waals surface area (Å²) in [5, 5.41) is 6.56. The van der Waals surface area contributed by atoms with E-state index in [2.05, 4.69) is 60.7 Å². The third kappa shape index (κ3) is 4.32. The number of fused-ring (bicyclic) bond motifs is 6. The van der Waals surface area contributed by atoms with Crippen LogP contribution in [0.3, 0.4) is 0 Å². The molecular weight excluding hydrogens is 569 g/mol. The van der Waals surface area contributed by atoms with Crippen LogP contribution in [0.2, 0.25) is 0 Å². The fourth-order valence-corrected chi connectivity index (χ4v) is 6.37. The summed E-state index contributed by atoms with van der Waals surface area (Å²) in [7, 11) is 0. The number of nitrogens with zero attached hydrogens (tertiary/aromatic N) is 3. The smallest absolute Gasteiger partial charge is 0.167 e. The van der Waals surface area contributed by atoms with Crippen LogP contribution < -0.4 is 0 Å². The van der Waals surface area contributed by atoms with Crippen molar-refractivity contribution in [1.82, 2.24) is 15.0 Å². The molecule has 0 radical (unpaired) electrons. The second-order valence-corrected chi connectivity index (χ2v) is 11.4. The molecule has 0 spiro atoms. The number of rotatable bonds is 4. The summed E-state index contributed by atoms with van der Waals surface area (Å²) in [6, 6.07) is 47.6. The maximum Gasteiger partial charge on any atom is 0.167 e. The Morgan fingerprint density at radius 2 is 0.978 bits per heavy atom. The van der Waals surface area contributed by atoms with Gasteiger partial charge < -0.3 is 4.42 Å². The van der Waals surface area contributed by atoms with Gasteiger partial charge in [0, 0.05) is 27.3 Å². The van der Waals surface area contributed by atoms with E-state index in [0.29, 0.717) is 17.5 Å². The van der Waals surface area contributed by atoms with E-state index in [1.807, 2.05) is 60.7 Å². The van der Waals surface area contributed by atoms with E-state index >= 15 is 0 Å². The molecule has 9 aromatic rings. The molecule has 4 nitrogen and oxygen atoms in total. The predicted octanol–water partition coefficient (Wildman–Crippen LogP) is 10.9. The molecule has 5 heteroatoms. The molecule has 2 aromatic heterocycles. The number of aromatic nitrogens is 3. The third-order valence-corrected chi connectivity index (χ3v) is 8.61. The molecule has 216 valence electrons. The molecule has 0 N–H and O–H groups in total. The standard InChI is InChI=1S/C41H24FN3O/c42-30-23-21-26(22-24-30)25-15-19-29(20-16-25)39-43-40(34-12-5-8-28-18-17-27-7-1-2-9-31(27)37(28)34)45-41(44-39)35-13-6-11-33-32-10-3-4-14-36(32)46-38(33)35/h1-24H. The van der Waals surface area contributed by atoms with E-state index < -0.39 is 0 Å². The molecule has 0 saturated heterocycles. The van der Waals surface area contributed by atoms with E-state index in [4.69, 9.17) is 19.4 Å². The van der Waals surface area contributed by atoms with Crippen molar-refractivity contribution in [2.75, 3.05) is 0 Å². The Balaban J connectivity index is 1.29. The minimum atomic E-state index is -0.258. The van der Waals surface area contributed by atoms with Crippen LogP contribution in [0.5, 0.6) is 0 Å². The average molecular weight is 594 g/mol. The molecule has 0 unspecified atom stereocenters. The zero-order chi connectivity index (χ0) is 30.6. The van der Waals surface area contributed by atoms with Crippen LogP contribution in [0.25, 0.3) is 88.8 Å². The topological polar surface area (TPSA) is 51.8 Å². The first kappa shape index (κ1) is 26.2. The second-order valence-electron chi connectivity index (χ2n) is 11.4. The molecule has 0 aliphatic carbocycles. The van der Waals surface area contributed by atoms with E-state index in [1.165, 1.54) is 12.1 Å². The van der Waals surface area contributed by atoms with Gasteiger partial charge in [-0.05, 0) is 51.6 Å². The Labute approximate surface area is 263 Å². The van der Waals surface area contributed by atoms with E-state index in [0.717, 1.165) is 71.3 Å². The van der Waals surface area contributed by atoms with Crippen molar-refractivity contribution in [3.05, 3.63) is 151 Å². The largest absolute Gasteiger partial charge is 0.455 e. The highest BCUT2D eigenvalue weighted by Crippen LogP contribution is 2.38. The van der Waals surface area contributed by atoms with E-state index in [1.54, 1.807) is 12.1 Å². The molecule has 9 rings (SSSR count). The fourth-order valence-electron chi connectivity index (χ4n) is 6.37. The highest BCUT2D eigenvalue weighted by Gasteiger charge is 2.19. The number of furan rings is 1. The molecule has 0 aliphatic heterocycles. The highest BCUT2D eigenvalue weighted by atomic mass is 19.1. The van der Waals surface area contributed by atoms with Crippen molar-refractivity contribution < 1.29 is 8.81 Å². The lowest BCUT2D eigenvalue weighted by Crippen LogP contribution is -2.01. The maximum absolute atomic E-state index is 13.6. The Morgan fingerprint density at radius 3 is 1.80 bits per heavy atom. The molecule has 0 aliphatic rings. The fraction of sp³-hybridized carbons (Fsp3) is 0. The maximum atomic E-state index is 13.6. The second kappa shape index (κ2) is 10.5. The predicted molar refractivity (Wildman–Crippen MR) is 184 cm³/mol. The summed E-state index contributed by atoms with van der Waals surface area (Å²) in [6.45, 7) is 0. The van der Waals surface area contributed by atoms with Gasteiger partial charge in [-0.25, -0.2) is 19.3 Å². The highest BCUT2D eigenvalue weighted by molar-refractivity contribution is 6.14. The minimum Gasteiger partial charge on any atom is -0.455 e. The van der Waals surface area contributed by atoms with Gasteiger partial charge in [0.1, 0.15) is 17.0 Å². The van der Waals surface area contributed by atoms with Gasteiger partial charge in [0.2, 0.25) is 0 Å². The molecule has 7 aromatic carbocycles. The van der Waals surface area contributed by atoms with Crippen LogP contribution in [0.15, 0.2) is 150 Å². The summed E-state index contributed by atoms with van der Waals surface area (Å²) < 4.78 is 20.0. The summed E-state index contributed by atoms with van der Waals surface area (Å²) in [5.74, 6) is 1.41. The molecule has 0 fully saturated rings. The quantitative estimate of drug-likeness (QED) is 0.191. The number of hydrogen-bond donors (Lipinski definition) is 0. The van der Waals surface area contributed by atoms with Gasteiger partial charge in [-0.2, -0.15) is 0 Å². The number of para-hydroxylation sites is 2. The molecule has 0 atom stereocenters. The van der Waals surface area contributed by atoms with Gasteiger partial charge in [0.15, 0.2) is 17.5 Å². The minimum absolute atomic E-state index is 0.258. The van der Waals surface area contributed by atoms with E-state index in [9.17, 15) is 4.39 Å². The summed E-state index contributed by atoms with van der Waals surface area (Å²) in [4.78, 5) is 15.3. The van der Waals surface area contributed by atoms with Crippen molar-refractivity contribution in [2.45, 2.75) is 0 Å². The Bertz CT molecular complexity index is 2590. The molecular formula is C41H24FN3O. The van der Waals surface area contributed by atoms with Crippen molar-refractivity contribution in [2.24, 2.45) is 0 Å². The van der Waals surface area contributed by atoms with Gasteiger partial charge >= 0.3 is 0 Å². The van der Waals surface area contributed by atoms with Crippen molar-refractivity contribution in [1.29, 1.82) is 0 Å². The van der Waals surface area contributed by atoms with Crippen LogP contribution in [-0.2, 0) is 0 Å². The van der Waals surface area contributed by atoms with Crippen molar-refractivity contribution >= 4 is 43.5 Å². The zero-order valence-corrected chi connectivity index (χ0v) is 24.5. The first-order valence-corrected chi connectivity index (χ1v) is 15.1. The number of hydrogen-bond acceptors (Lipinski definition) is 4. The zero-order valence-electron chi connectivity index (χ0n) is 24.5. The molecule has 0 saturated carbocycles. The van der Waals surface area contributed by atoms with Crippen molar-refractivity contribution in [3.8, 4) is 45.3 Å². The molecule has 2 heterocycles. The normalized spacial score (nSPS) is 11.6. The molecule has 0 bridgehead atoms. The lowest BCUT2D eigenvalue weighted by atomic mass is 9.97. The first-order chi connectivity index (χ1) is 22.7. The Kier molecular flexibility index (Phi) is 5.96. The van der Waals surface area contributed by atoms with Crippen LogP contribution in [0, 0.1) is 5.82 Å². The molecule has 46 heavy (non-hydrogen) atoms. The summed E-state index contributed by atoms with van der Waals surface area (Å²) in [6.07, 6.45) is 0. The van der Waals surface area contributed by atoms with Crippen LogP contribution in [0.4, 0.5) is 4.39 Å². The molecule has 0 amide bonds. The Hall–Kier alpha value is -6.20. The number of halogens is 1. The average Bonchev–Trinajstić information content (AvgIpc) is 3.50. The Morgan fingerprint density at radius 1 is 0.413 bits per heavy atom. The lowest BCUT2D eigenvalue weighted by Gasteiger charge is -2.12. The van der Waals surface area contributed by atoms with Crippen LogP contribution in [-0.4, -0.2) is 15.0 Å². The van der Waals surface area contributed by atoms with Gasteiger partial charge in [-0.1, -0.05) is 121 Å². The first-order valence-electron chi connectivity index (χ1n) is 15.1. The van der Waals surface area contributed by atoms with Gasteiger partial charge in [-0.3, -0.25) is 0 Å². The van der Waals surface area contributed by atoms with Gasteiger partial charge in [0.25, 0.3) is 0 Å². The van der Waals surface area contributed by atoms with Gasteiger partial charge in [0.05, 0.1) is 5.56 Å².